The Bertz CT molecular complexity index is 759. The summed E-state index contributed by atoms with van der Waals surface area (Å²) in [6.45, 7) is 2.31. The van der Waals surface area contributed by atoms with Crippen molar-refractivity contribution >= 4 is 40.4 Å². The van der Waals surface area contributed by atoms with Crippen LogP contribution in [-0.4, -0.2) is 36.2 Å². The number of non-ortho nitro benzene ring substituents is 1. The highest BCUT2D eigenvalue weighted by Gasteiger charge is 2.22. The lowest BCUT2D eigenvalue weighted by Crippen LogP contribution is -2.29. The van der Waals surface area contributed by atoms with E-state index in [-0.39, 0.29) is 11.6 Å². The number of nitro benzene ring substituents is 1. The van der Waals surface area contributed by atoms with Crippen molar-refractivity contribution in [2.75, 3.05) is 30.3 Å². The van der Waals surface area contributed by atoms with Gasteiger partial charge in [-0.05, 0) is 30.4 Å². The highest BCUT2D eigenvalue weighted by atomic mass is 32.2. The van der Waals surface area contributed by atoms with E-state index in [2.05, 4.69) is 21.7 Å². The van der Waals surface area contributed by atoms with E-state index in [0.29, 0.717) is 12.1 Å². The number of anilines is 1. The molecule has 1 aliphatic heterocycles. The van der Waals surface area contributed by atoms with Crippen LogP contribution in [0.2, 0.25) is 0 Å². The molecule has 8 heteroatoms. The van der Waals surface area contributed by atoms with Crippen LogP contribution in [0.15, 0.2) is 35.7 Å². The Kier molecular flexibility index (Phi) is 6.51. The van der Waals surface area contributed by atoms with E-state index >= 15 is 0 Å². The van der Waals surface area contributed by atoms with Crippen LogP contribution in [0.4, 0.5) is 11.4 Å². The summed E-state index contributed by atoms with van der Waals surface area (Å²) in [5.41, 5.74) is 1.13. The molecule has 2 heterocycles. The number of benzene rings is 1. The fourth-order valence-electron chi connectivity index (χ4n) is 2.95. The summed E-state index contributed by atoms with van der Waals surface area (Å²) in [5.74, 6) is 1.49. The highest BCUT2D eigenvalue weighted by molar-refractivity contribution is 7.98. The zero-order valence-electron chi connectivity index (χ0n) is 14.3. The third-order valence-electron chi connectivity index (χ3n) is 4.24. The summed E-state index contributed by atoms with van der Waals surface area (Å²) in [6.07, 6.45) is 2.16. The van der Waals surface area contributed by atoms with Gasteiger partial charge in [0.25, 0.3) is 11.6 Å². The minimum Gasteiger partial charge on any atom is -0.371 e. The van der Waals surface area contributed by atoms with E-state index in [0.717, 1.165) is 43.1 Å². The summed E-state index contributed by atoms with van der Waals surface area (Å²) >= 11 is 3.49. The molecule has 1 saturated heterocycles. The Morgan fingerprint density at radius 2 is 2.12 bits per heavy atom. The number of thioether (sulfide) groups is 1. The van der Waals surface area contributed by atoms with E-state index in [1.165, 1.54) is 17.0 Å². The Balaban J connectivity index is 1.60. The standard InChI is InChI=1S/C18H21N3O3S2/c22-18(19-7-11-25-13-15-4-3-10-26-15)16-12-14(21(23)24)5-6-17(16)20-8-1-2-9-20/h3-6,10,12H,1-2,7-9,11,13H2,(H,19,22). The second-order valence-electron chi connectivity index (χ2n) is 6.04. The molecule has 1 amide bonds. The summed E-state index contributed by atoms with van der Waals surface area (Å²) < 4.78 is 0. The molecule has 0 bridgehead atoms. The van der Waals surface area contributed by atoms with Crippen molar-refractivity contribution < 1.29 is 9.72 Å². The van der Waals surface area contributed by atoms with E-state index in [1.807, 2.05) is 6.07 Å². The SMILES string of the molecule is O=C(NCCSCc1cccs1)c1cc([N+](=O)[O-])ccc1N1CCCC1. The molecule has 3 rings (SSSR count). The first-order valence-corrected chi connectivity index (χ1v) is 10.6. The zero-order valence-corrected chi connectivity index (χ0v) is 16.0. The normalized spacial score (nSPS) is 13.8. The van der Waals surface area contributed by atoms with Crippen molar-refractivity contribution in [2.45, 2.75) is 18.6 Å². The lowest BCUT2D eigenvalue weighted by molar-refractivity contribution is -0.384. The van der Waals surface area contributed by atoms with Crippen molar-refractivity contribution in [2.24, 2.45) is 0 Å². The van der Waals surface area contributed by atoms with Crippen LogP contribution in [0.5, 0.6) is 0 Å². The van der Waals surface area contributed by atoms with Gasteiger partial charge in [-0.15, -0.1) is 11.3 Å². The summed E-state index contributed by atoms with van der Waals surface area (Å²) in [6, 6.07) is 8.69. The molecule has 0 spiro atoms. The van der Waals surface area contributed by atoms with Crippen molar-refractivity contribution in [3.05, 3.63) is 56.3 Å². The molecule has 1 aromatic heterocycles. The smallest absolute Gasteiger partial charge is 0.270 e. The molecule has 1 fully saturated rings. The number of hydrogen-bond donors (Lipinski definition) is 1. The topological polar surface area (TPSA) is 75.5 Å². The monoisotopic (exact) mass is 391 g/mol. The molecular formula is C18H21N3O3S2. The number of nitrogens with one attached hydrogen (secondary N) is 1. The van der Waals surface area contributed by atoms with E-state index in [4.69, 9.17) is 0 Å². The van der Waals surface area contributed by atoms with Crippen molar-refractivity contribution in [1.82, 2.24) is 5.32 Å². The fourth-order valence-corrected chi connectivity index (χ4v) is 4.65. The Labute approximate surface area is 160 Å². The summed E-state index contributed by atoms with van der Waals surface area (Å²) in [4.78, 5) is 26.7. The van der Waals surface area contributed by atoms with Gasteiger partial charge in [-0.1, -0.05) is 6.07 Å². The Hall–Kier alpha value is -2.06. The third-order valence-corrected chi connectivity index (χ3v) is 6.31. The number of hydrogen-bond acceptors (Lipinski definition) is 6. The van der Waals surface area contributed by atoms with Gasteiger partial charge in [0.05, 0.1) is 16.2 Å². The number of carbonyl (C=O) groups is 1. The number of thiophene rings is 1. The number of nitro groups is 1. The van der Waals surface area contributed by atoms with E-state index < -0.39 is 4.92 Å². The molecule has 0 aliphatic carbocycles. The van der Waals surface area contributed by atoms with Crippen molar-refractivity contribution in [3.8, 4) is 0 Å². The van der Waals surface area contributed by atoms with Gasteiger partial charge in [0.1, 0.15) is 0 Å². The molecule has 1 aliphatic rings. The molecule has 1 N–H and O–H groups in total. The largest absolute Gasteiger partial charge is 0.371 e. The molecule has 0 radical (unpaired) electrons. The maximum Gasteiger partial charge on any atom is 0.270 e. The quantitative estimate of drug-likeness (QED) is 0.419. The molecule has 26 heavy (non-hydrogen) atoms. The van der Waals surface area contributed by atoms with Crippen LogP contribution < -0.4 is 10.2 Å². The summed E-state index contributed by atoms with van der Waals surface area (Å²) in [7, 11) is 0. The molecule has 0 unspecified atom stereocenters. The second kappa shape index (κ2) is 9.05. The van der Waals surface area contributed by atoms with Gasteiger partial charge in [0.15, 0.2) is 0 Å². The van der Waals surface area contributed by atoms with Gasteiger partial charge in [-0.25, -0.2) is 0 Å². The minimum atomic E-state index is -0.457. The van der Waals surface area contributed by atoms with Crippen LogP contribution in [0, 0.1) is 10.1 Å². The predicted molar refractivity (Wildman–Crippen MR) is 107 cm³/mol. The van der Waals surface area contributed by atoms with Gasteiger partial charge < -0.3 is 10.2 Å². The summed E-state index contributed by atoms with van der Waals surface area (Å²) in [5, 5.41) is 16.0. The van der Waals surface area contributed by atoms with Gasteiger partial charge in [0.2, 0.25) is 0 Å². The average molecular weight is 392 g/mol. The maximum atomic E-state index is 12.6. The molecule has 2 aromatic rings. The number of amides is 1. The maximum absolute atomic E-state index is 12.6. The van der Waals surface area contributed by atoms with Crippen molar-refractivity contribution in [1.29, 1.82) is 0 Å². The third kappa shape index (κ3) is 4.76. The van der Waals surface area contributed by atoms with Gasteiger partial charge in [0, 0.05) is 48.1 Å². The number of nitrogens with zero attached hydrogens (tertiary/aromatic N) is 2. The van der Waals surface area contributed by atoms with Crippen LogP contribution in [-0.2, 0) is 5.75 Å². The first kappa shape index (κ1) is 18.7. The van der Waals surface area contributed by atoms with Gasteiger partial charge >= 0.3 is 0 Å². The molecule has 1 aromatic carbocycles. The average Bonchev–Trinajstić information content (AvgIpc) is 3.34. The molecule has 138 valence electrons. The zero-order chi connectivity index (χ0) is 18.4. The first-order valence-electron chi connectivity index (χ1n) is 8.57. The van der Waals surface area contributed by atoms with Crippen LogP contribution in [0.1, 0.15) is 28.1 Å². The van der Waals surface area contributed by atoms with Crippen molar-refractivity contribution in [3.63, 3.8) is 0 Å². The van der Waals surface area contributed by atoms with Crippen LogP contribution in [0.25, 0.3) is 0 Å². The van der Waals surface area contributed by atoms with Crippen LogP contribution >= 0.6 is 23.1 Å². The Morgan fingerprint density at radius 3 is 2.81 bits per heavy atom. The van der Waals surface area contributed by atoms with Crippen LogP contribution in [0.3, 0.4) is 0 Å². The molecule has 0 saturated carbocycles. The van der Waals surface area contributed by atoms with E-state index in [9.17, 15) is 14.9 Å². The lowest BCUT2D eigenvalue weighted by Gasteiger charge is -2.20. The lowest BCUT2D eigenvalue weighted by atomic mass is 10.1. The predicted octanol–water partition coefficient (Wildman–Crippen LogP) is 3.92. The number of carbonyl (C=O) groups excluding carboxylic acids is 1. The van der Waals surface area contributed by atoms with Gasteiger partial charge in [-0.3, -0.25) is 14.9 Å². The second-order valence-corrected chi connectivity index (χ2v) is 8.18. The minimum absolute atomic E-state index is 0.0508. The first-order chi connectivity index (χ1) is 12.6. The molecular weight excluding hydrogens is 370 g/mol. The fraction of sp³-hybridized carbons (Fsp3) is 0.389. The Morgan fingerprint density at radius 1 is 1.31 bits per heavy atom. The number of rotatable bonds is 8. The highest BCUT2D eigenvalue weighted by Crippen LogP contribution is 2.28. The molecule has 0 atom stereocenters. The molecule has 6 nitrogen and oxygen atoms in total. The van der Waals surface area contributed by atoms with E-state index in [1.54, 1.807) is 29.2 Å². The van der Waals surface area contributed by atoms with Gasteiger partial charge in [-0.2, -0.15) is 11.8 Å².